The van der Waals surface area contributed by atoms with Crippen molar-refractivity contribution in [2.45, 2.75) is 32.4 Å². The number of piperazine rings is 1. The van der Waals surface area contributed by atoms with Gasteiger partial charge in [-0.3, -0.25) is 18.7 Å². The van der Waals surface area contributed by atoms with E-state index in [9.17, 15) is 18.7 Å². The maximum absolute atomic E-state index is 13.2. The Kier molecular flexibility index (Phi) is 12.8. The summed E-state index contributed by atoms with van der Waals surface area (Å²) in [7, 11) is -0.888. The fourth-order valence-corrected chi connectivity index (χ4v) is 5.82. The van der Waals surface area contributed by atoms with Crippen LogP contribution in [0.2, 0.25) is 0 Å². The van der Waals surface area contributed by atoms with Gasteiger partial charge in [-0.05, 0) is 45.9 Å². The van der Waals surface area contributed by atoms with Crippen LogP contribution in [0.4, 0.5) is 0 Å². The van der Waals surface area contributed by atoms with Gasteiger partial charge in [-0.15, -0.1) is 6.58 Å². The van der Waals surface area contributed by atoms with Crippen LogP contribution < -0.4 is 5.32 Å². The summed E-state index contributed by atoms with van der Waals surface area (Å²) in [5, 5.41) is 2.84. The lowest BCUT2D eigenvalue weighted by Crippen LogP contribution is -2.47. The Morgan fingerprint density at radius 1 is 1.24 bits per heavy atom. The minimum Gasteiger partial charge on any atom is -0.358 e. The second-order valence-corrected chi connectivity index (χ2v) is 12.3. The van der Waals surface area contributed by atoms with Crippen LogP contribution >= 0.6 is 26.5 Å². The highest BCUT2D eigenvalue weighted by molar-refractivity contribution is 9.09. The SMILES string of the molecule is C=CC.Cc1[nH]c(/C=C2/C=C/C(S(O)(O)C/C=C/CBr)C/C=C/NC2=O)c(C)c1C(=O)N1CCN(C)CC1. The topological polar surface area (TPSA) is 109 Å². The van der Waals surface area contributed by atoms with Crippen LogP contribution in [0.15, 0.2) is 54.8 Å². The maximum atomic E-state index is 13.2. The number of nitrogens with zero attached hydrogens (tertiary/aromatic N) is 2. The van der Waals surface area contributed by atoms with Gasteiger partial charge >= 0.3 is 0 Å². The Morgan fingerprint density at radius 3 is 2.53 bits per heavy atom. The number of nitrogens with one attached hydrogen (secondary N) is 2. The minimum absolute atomic E-state index is 0.00284. The molecule has 4 N–H and O–H groups in total. The molecule has 2 aliphatic heterocycles. The number of allylic oxidation sites excluding steroid dienone is 3. The maximum Gasteiger partial charge on any atom is 0.256 e. The van der Waals surface area contributed by atoms with Crippen molar-refractivity contribution in [3.63, 3.8) is 0 Å². The standard InChI is InChI=1S/C25H35BrN4O4S.C3H6/c1-18-22(28-19(2)23(18)25(32)30-14-12-29(3)13-15-30)17-20-8-9-21(7-6-11-27-24(20)31)35(33,34)16-5-4-10-26;1-3-2/h4-6,8-9,11,17,21,28,33-34H,7,10,12-16H2,1-3H3,(H,27,31);3H,1H2,2H3/b5-4+,9-8+,11-6+,20-17-;. The van der Waals surface area contributed by atoms with Crippen molar-refractivity contribution < 1.29 is 18.7 Å². The van der Waals surface area contributed by atoms with Gasteiger partial charge in [0.25, 0.3) is 11.8 Å². The molecule has 0 radical (unpaired) electrons. The second-order valence-electron chi connectivity index (χ2n) is 9.29. The predicted molar refractivity (Wildman–Crippen MR) is 163 cm³/mol. The smallest absolute Gasteiger partial charge is 0.256 e. The third-order valence-corrected chi connectivity index (χ3v) is 8.69. The number of carbonyl (C=O) groups is 2. The first kappa shape index (κ1) is 31.8. The van der Waals surface area contributed by atoms with E-state index in [1.807, 2.05) is 38.8 Å². The zero-order chi connectivity index (χ0) is 28.3. The van der Waals surface area contributed by atoms with Crippen molar-refractivity contribution in [2.75, 3.05) is 44.3 Å². The van der Waals surface area contributed by atoms with E-state index in [0.29, 0.717) is 41.7 Å². The summed E-state index contributed by atoms with van der Waals surface area (Å²) in [6.07, 6.45) is 14.0. The van der Waals surface area contributed by atoms with Crippen molar-refractivity contribution >= 4 is 44.4 Å². The Morgan fingerprint density at radius 2 is 1.89 bits per heavy atom. The van der Waals surface area contributed by atoms with Crippen LogP contribution in [-0.2, 0) is 4.79 Å². The molecule has 3 heterocycles. The monoisotopic (exact) mass is 608 g/mol. The van der Waals surface area contributed by atoms with Crippen LogP contribution in [0.3, 0.4) is 0 Å². The highest BCUT2D eigenvalue weighted by atomic mass is 79.9. The van der Waals surface area contributed by atoms with Crippen LogP contribution in [0.1, 0.15) is 40.7 Å². The highest BCUT2D eigenvalue weighted by Gasteiger charge is 2.26. The van der Waals surface area contributed by atoms with Crippen molar-refractivity contribution in [2.24, 2.45) is 0 Å². The van der Waals surface area contributed by atoms with Gasteiger partial charge in [-0.2, -0.15) is 10.6 Å². The van der Waals surface area contributed by atoms with E-state index in [0.717, 1.165) is 24.3 Å². The Bertz CT molecular complexity index is 1100. The molecule has 0 bridgehead atoms. The second kappa shape index (κ2) is 15.3. The first-order chi connectivity index (χ1) is 18.0. The van der Waals surface area contributed by atoms with E-state index >= 15 is 0 Å². The zero-order valence-electron chi connectivity index (χ0n) is 22.7. The average Bonchev–Trinajstić information content (AvgIpc) is 3.19. The van der Waals surface area contributed by atoms with Crippen LogP contribution in [-0.4, -0.2) is 85.3 Å². The molecule has 0 aliphatic carbocycles. The first-order valence-corrected chi connectivity index (χ1v) is 15.5. The third kappa shape index (κ3) is 8.84. The minimum atomic E-state index is -2.94. The summed E-state index contributed by atoms with van der Waals surface area (Å²) in [6.45, 7) is 12.1. The van der Waals surface area contributed by atoms with Crippen molar-refractivity contribution in [1.29, 1.82) is 0 Å². The average molecular weight is 610 g/mol. The van der Waals surface area contributed by atoms with Gasteiger partial charge in [0.05, 0.1) is 16.6 Å². The van der Waals surface area contributed by atoms with Gasteiger partial charge in [-0.25, -0.2) is 0 Å². The zero-order valence-corrected chi connectivity index (χ0v) is 25.1. The molecular weight excluding hydrogens is 568 g/mol. The lowest BCUT2D eigenvalue weighted by Gasteiger charge is -2.37. The van der Waals surface area contributed by atoms with Crippen LogP contribution in [0.25, 0.3) is 6.08 Å². The molecule has 2 aliphatic rings. The summed E-state index contributed by atoms with van der Waals surface area (Å²) in [6, 6.07) is 0. The Labute approximate surface area is 236 Å². The van der Waals surface area contributed by atoms with Crippen LogP contribution in [0, 0.1) is 13.8 Å². The molecule has 1 atom stereocenters. The van der Waals surface area contributed by atoms with Crippen molar-refractivity contribution in [1.82, 2.24) is 20.1 Å². The normalized spacial score (nSPS) is 22.1. The molecule has 0 spiro atoms. The van der Waals surface area contributed by atoms with Gasteiger partial charge in [0.15, 0.2) is 0 Å². The van der Waals surface area contributed by atoms with E-state index in [2.05, 4.69) is 37.7 Å². The molecule has 1 fully saturated rings. The number of carbonyl (C=O) groups excluding carboxylic acids is 2. The fraction of sp³-hybridized carbons (Fsp3) is 0.429. The number of hydrogen-bond acceptors (Lipinski definition) is 5. The Hall–Kier alpha value is -2.37. The van der Waals surface area contributed by atoms with Crippen LogP contribution in [0.5, 0.6) is 0 Å². The lowest BCUT2D eigenvalue weighted by atomic mass is 10.1. The number of likely N-dealkylation sites (N-methyl/N-ethyl adjacent to an activating group) is 1. The van der Waals surface area contributed by atoms with Gasteiger partial charge in [0.1, 0.15) is 0 Å². The molecular formula is C28H41BrN4O4S. The predicted octanol–water partition coefficient (Wildman–Crippen LogP) is 5.25. The Balaban J connectivity index is 0.00000161. The fourth-order valence-electron chi connectivity index (χ4n) is 4.14. The molecule has 3 rings (SSSR count). The van der Waals surface area contributed by atoms with E-state index in [4.69, 9.17) is 0 Å². The number of aromatic amines is 1. The number of amides is 2. The number of halogens is 1. The summed E-state index contributed by atoms with van der Waals surface area (Å²) < 4.78 is 21.4. The largest absolute Gasteiger partial charge is 0.358 e. The molecule has 1 unspecified atom stereocenters. The van der Waals surface area contributed by atoms with Gasteiger partial charge in [-0.1, -0.05) is 52.4 Å². The molecule has 1 saturated heterocycles. The summed E-state index contributed by atoms with van der Waals surface area (Å²) in [4.78, 5) is 33.4. The van der Waals surface area contributed by atoms with Gasteiger partial charge < -0.3 is 20.1 Å². The molecule has 0 saturated carbocycles. The quantitative estimate of drug-likeness (QED) is 0.200. The van der Waals surface area contributed by atoms with E-state index in [1.165, 1.54) is 6.20 Å². The summed E-state index contributed by atoms with van der Waals surface area (Å²) in [5.41, 5.74) is 3.23. The summed E-state index contributed by atoms with van der Waals surface area (Å²) >= 11 is 3.29. The number of rotatable bonds is 6. The molecule has 0 aromatic carbocycles. The number of aryl methyl sites for hydroxylation is 1. The number of aromatic nitrogens is 1. The van der Waals surface area contributed by atoms with E-state index in [1.54, 1.807) is 36.5 Å². The number of alkyl halides is 1. The number of H-pyrrole nitrogens is 1. The van der Waals surface area contributed by atoms with Gasteiger partial charge in [0.2, 0.25) is 0 Å². The highest BCUT2D eigenvalue weighted by Crippen LogP contribution is 2.47. The molecule has 210 valence electrons. The lowest BCUT2D eigenvalue weighted by molar-refractivity contribution is -0.116. The molecule has 1 aromatic rings. The van der Waals surface area contributed by atoms with E-state index < -0.39 is 15.8 Å². The molecule has 38 heavy (non-hydrogen) atoms. The molecule has 2 amide bonds. The van der Waals surface area contributed by atoms with Crippen molar-refractivity contribution in [3.8, 4) is 0 Å². The molecule has 8 nitrogen and oxygen atoms in total. The molecule has 10 heteroatoms. The molecule has 1 aromatic heterocycles. The summed E-state index contributed by atoms with van der Waals surface area (Å²) in [5.74, 6) is -0.168. The first-order valence-electron chi connectivity index (χ1n) is 12.6. The third-order valence-electron chi connectivity index (χ3n) is 6.32. The van der Waals surface area contributed by atoms with E-state index in [-0.39, 0.29) is 17.6 Å². The number of hydrogen-bond donors (Lipinski definition) is 4. The van der Waals surface area contributed by atoms with Gasteiger partial charge in [0, 0.05) is 54.7 Å². The van der Waals surface area contributed by atoms with Crippen molar-refractivity contribution in [3.05, 3.63) is 77.3 Å².